The van der Waals surface area contributed by atoms with Crippen LogP contribution < -0.4 is 10.6 Å². The Hall–Kier alpha value is -0.610. The number of amides is 1. The first kappa shape index (κ1) is 14.5. The first-order chi connectivity index (χ1) is 8.21. The highest BCUT2D eigenvalue weighted by Crippen LogP contribution is 2.19. The summed E-state index contributed by atoms with van der Waals surface area (Å²) in [7, 11) is 0. The molecule has 1 fully saturated rings. The van der Waals surface area contributed by atoms with Crippen LogP contribution in [0.25, 0.3) is 0 Å². The van der Waals surface area contributed by atoms with E-state index in [2.05, 4.69) is 29.4 Å². The fourth-order valence-corrected chi connectivity index (χ4v) is 2.65. The van der Waals surface area contributed by atoms with Crippen LogP contribution in [-0.4, -0.2) is 49.6 Å². The lowest BCUT2D eigenvalue weighted by atomic mass is 9.90. The van der Waals surface area contributed by atoms with Crippen LogP contribution in [0.3, 0.4) is 0 Å². The standard InChI is InChI=1S/C13H27N3O/c1-4-11-9-16(10-13(17)15-6-3)8-7-12(11)14-5-2/h11-12,14H,4-10H2,1-3H3,(H,15,17). The number of rotatable bonds is 6. The van der Waals surface area contributed by atoms with Crippen LogP contribution in [0.5, 0.6) is 0 Å². The summed E-state index contributed by atoms with van der Waals surface area (Å²) in [6.45, 7) is 10.8. The molecular formula is C13H27N3O. The molecule has 0 aliphatic carbocycles. The van der Waals surface area contributed by atoms with Gasteiger partial charge in [-0.05, 0) is 25.8 Å². The number of hydrogen-bond acceptors (Lipinski definition) is 3. The molecule has 1 rings (SSSR count). The summed E-state index contributed by atoms with van der Waals surface area (Å²) in [5, 5.41) is 6.42. The van der Waals surface area contributed by atoms with Gasteiger partial charge in [0.2, 0.25) is 5.91 Å². The lowest BCUT2D eigenvalue weighted by molar-refractivity contribution is -0.122. The van der Waals surface area contributed by atoms with E-state index in [9.17, 15) is 4.79 Å². The number of nitrogens with one attached hydrogen (secondary N) is 2. The Morgan fingerprint density at radius 3 is 2.65 bits per heavy atom. The van der Waals surface area contributed by atoms with E-state index in [0.717, 1.165) is 32.6 Å². The number of likely N-dealkylation sites (tertiary alicyclic amines) is 1. The van der Waals surface area contributed by atoms with Crippen molar-refractivity contribution in [2.45, 2.75) is 39.7 Å². The molecule has 1 heterocycles. The van der Waals surface area contributed by atoms with E-state index in [0.29, 0.717) is 18.5 Å². The quantitative estimate of drug-likeness (QED) is 0.724. The second kappa shape index (κ2) is 7.67. The van der Waals surface area contributed by atoms with Crippen LogP contribution in [0, 0.1) is 5.92 Å². The van der Waals surface area contributed by atoms with E-state index in [1.54, 1.807) is 0 Å². The molecule has 0 aromatic rings. The molecule has 1 aliphatic heterocycles. The number of carbonyl (C=O) groups excluding carboxylic acids is 1. The summed E-state index contributed by atoms with van der Waals surface area (Å²) < 4.78 is 0. The van der Waals surface area contributed by atoms with Gasteiger partial charge in [-0.25, -0.2) is 0 Å². The topological polar surface area (TPSA) is 44.4 Å². The number of piperidine rings is 1. The molecule has 1 aliphatic rings. The third kappa shape index (κ3) is 4.64. The summed E-state index contributed by atoms with van der Waals surface area (Å²) in [4.78, 5) is 13.8. The first-order valence-electron chi connectivity index (χ1n) is 6.93. The third-order valence-electron chi connectivity index (χ3n) is 3.55. The Kier molecular flexibility index (Phi) is 6.52. The molecule has 4 heteroatoms. The molecule has 0 saturated carbocycles. The van der Waals surface area contributed by atoms with Crippen molar-refractivity contribution in [2.75, 3.05) is 32.7 Å². The minimum atomic E-state index is 0.157. The van der Waals surface area contributed by atoms with Gasteiger partial charge in [0.05, 0.1) is 6.54 Å². The molecule has 0 bridgehead atoms. The van der Waals surface area contributed by atoms with E-state index in [-0.39, 0.29) is 5.91 Å². The van der Waals surface area contributed by atoms with Gasteiger partial charge in [-0.15, -0.1) is 0 Å². The third-order valence-corrected chi connectivity index (χ3v) is 3.55. The highest BCUT2D eigenvalue weighted by atomic mass is 16.2. The van der Waals surface area contributed by atoms with E-state index in [1.807, 2.05) is 6.92 Å². The maximum atomic E-state index is 11.5. The zero-order chi connectivity index (χ0) is 12.7. The Bertz CT molecular complexity index is 233. The largest absolute Gasteiger partial charge is 0.355 e. The fourth-order valence-electron chi connectivity index (χ4n) is 2.65. The average molecular weight is 241 g/mol. The van der Waals surface area contributed by atoms with Crippen LogP contribution in [-0.2, 0) is 4.79 Å². The summed E-state index contributed by atoms with van der Waals surface area (Å²) in [6, 6.07) is 0.635. The molecule has 2 atom stereocenters. The minimum Gasteiger partial charge on any atom is -0.355 e. The fraction of sp³-hybridized carbons (Fsp3) is 0.923. The van der Waals surface area contributed by atoms with Gasteiger partial charge in [-0.1, -0.05) is 20.3 Å². The van der Waals surface area contributed by atoms with Gasteiger partial charge in [0.15, 0.2) is 0 Å². The van der Waals surface area contributed by atoms with Crippen molar-refractivity contribution in [1.29, 1.82) is 0 Å². The second-order valence-corrected chi connectivity index (χ2v) is 4.81. The van der Waals surface area contributed by atoms with Crippen molar-refractivity contribution in [3.63, 3.8) is 0 Å². The average Bonchev–Trinajstić information content (AvgIpc) is 2.31. The van der Waals surface area contributed by atoms with E-state index < -0.39 is 0 Å². The van der Waals surface area contributed by atoms with Crippen LogP contribution in [0.15, 0.2) is 0 Å². The van der Waals surface area contributed by atoms with Crippen molar-refractivity contribution in [3.05, 3.63) is 0 Å². The molecule has 0 aromatic heterocycles. The highest BCUT2D eigenvalue weighted by molar-refractivity contribution is 5.77. The van der Waals surface area contributed by atoms with E-state index in [1.165, 1.54) is 6.42 Å². The van der Waals surface area contributed by atoms with Gasteiger partial charge in [0.1, 0.15) is 0 Å². The lowest BCUT2D eigenvalue weighted by Gasteiger charge is -2.38. The maximum absolute atomic E-state index is 11.5. The van der Waals surface area contributed by atoms with Gasteiger partial charge >= 0.3 is 0 Å². The van der Waals surface area contributed by atoms with Gasteiger partial charge in [0, 0.05) is 25.7 Å². The molecule has 4 nitrogen and oxygen atoms in total. The van der Waals surface area contributed by atoms with E-state index in [4.69, 9.17) is 0 Å². The van der Waals surface area contributed by atoms with Gasteiger partial charge < -0.3 is 10.6 Å². The van der Waals surface area contributed by atoms with Gasteiger partial charge in [-0.3, -0.25) is 9.69 Å². The summed E-state index contributed by atoms with van der Waals surface area (Å²) in [6.07, 6.45) is 2.34. The number of likely N-dealkylation sites (N-methyl/N-ethyl adjacent to an activating group) is 1. The Morgan fingerprint density at radius 2 is 2.06 bits per heavy atom. The molecule has 0 spiro atoms. The molecule has 2 N–H and O–H groups in total. The SMILES string of the molecule is CCNC(=O)CN1CCC(NCC)C(CC)C1. The first-order valence-corrected chi connectivity index (χ1v) is 6.93. The molecule has 0 radical (unpaired) electrons. The van der Waals surface area contributed by atoms with Crippen LogP contribution in [0.4, 0.5) is 0 Å². The molecule has 0 aromatic carbocycles. The maximum Gasteiger partial charge on any atom is 0.234 e. The highest BCUT2D eigenvalue weighted by Gasteiger charge is 2.27. The molecule has 1 amide bonds. The van der Waals surface area contributed by atoms with Gasteiger partial charge in [0.25, 0.3) is 0 Å². The van der Waals surface area contributed by atoms with Crippen molar-refractivity contribution in [1.82, 2.24) is 15.5 Å². The summed E-state index contributed by atoms with van der Waals surface area (Å²) in [5.74, 6) is 0.836. The normalized spacial score (nSPS) is 25.8. The monoisotopic (exact) mass is 241 g/mol. The minimum absolute atomic E-state index is 0.157. The smallest absolute Gasteiger partial charge is 0.234 e. The van der Waals surface area contributed by atoms with Gasteiger partial charge in [-0.2, -0.15) is 0 Å². The van der Waals surface area contributed by atoms with Crippen LogP contribution >= 0.6 is 0 Å². The molecular weight excluding hydrogens is 214 g/mol. The summed E-state index contributed by atoms with van der Waals surface area (Å²) >= 11 is 0. The Morgan fingerprint density at radius 1 is 1.29 bits per heavy atom. The zero-order valence-corrected chi connectivity index (χ0v) is 11.5. The van der Waals surface area contributed by atoms with E-state index >= 15 is 0 Å². The molecule has 1 saturated heterocycles. The number of nitrogens with zero attached hydrogens (tertiary/aromatic N) is 1. The van der Waals surface area contributed by atoms with Crippen molar-refractivity contribution >= 4 is 5.91 Å². The van der Waals surface area contributed by atoms with Crippen LogP contribution in [0.2, 0.25) is 0 Å². The van der Waals surface area contributed by atoms with Crippen molar-refractivity contribution in [2.24, 2.45) is 5.92 Å². The predicted octanol–water partition coefficient (Wildman–Crippen LogP) is 0.833. The molecule has 17 heavy (non-hydrogen) atoms. The Labute approximate surface area is 105 Å². The molecule has 2 unspecified atom stereocenters. The van der Waals surface area contributed by atoms with Crippen LogP contribution in [0.1, 0.15) is 33.6 Å². The predicted molar refractivity (Wildman–Crippen MR) is 71.0 cm³/mol. The zero-order valence-electron chi connectivity index (χ0n) is 11.5. The second-order valence-electron chi connectivity index (χ2n) is 4.81. The number of carbonyl (C=O) groups is 1. The number of hydrogen-bond donors (Lipinski definition) is 2. The summed E-state index contributed by atoms with van der Waals surface area (Å²) in [5.41, 5.74) is 0. The Balaban J connectivity index is 2.39. The van der Waals surface area contributed by atoms with Crippen molar-refractivity contribution in [3.8, 4) is 0 Å². The lowest BCUT2D eigenvalue weighted by Crippen LogP contribution is -2.51. The molecule has 100 valence electrons. The van der Waals surface area contributed by atoms with Crippen molar-refractivity contribution < 1.29 is 4.79 Å².